The van der Waals surface area contributed by atoms with Crippen LogP contribution < -0.4 is 9.62 Å². The Balaban J connectivity index is 1.82. The minimum absolute atomic E-state index is 0.0291. The highest BCUT2D eigenvalue weighted by Crippen LogP contribution is 2.31. The van der Waals surface area contributed by atoms with Crippen LogP contribution in [0.15, 0.2) is 108 Å². The largest absolute Gasteiger partial charge is 0.352 e. The number of halogens is 1. The van der Waals surface area contributed by atoms with Gasteiger partial charge in [0.25, 0.3) is 10.0 Å². The van der Waals surface area contributed by atoms with Crippen molar-refractivity contribution in [1.29, 1.82) is 0 Å². The molecule has 45 heavy (non-hydrogen) atoms. The van der Waals surface area contributed by atoms with Crippen molar-refractivity contribution in [2.75, 3.05) is 10.8 Å². The fourth-order valence-corrected chi connectivity index (χ4v) is 6.73. The van der Waals surface area contributed by atoms with Crippen LogP contribution in [-0.4, -0.2) is 43.8 Å². The zero-order valence-corrected chi connectivity index (χ0v) is 27.7. The van der Waals surface area contributed by atoms with Gasteiger partial charge in [-0.05, 0) is 62.6 Å². The zero-order chi connectivity index (χ0) is 32.6. The Hall–Kier alpha value is -4.14. The number of amides is 2. The molecule has 4 aromatic carbocycles. The summed E-state index contributed by atoms with van der Waals surface area (Å²) in [5.74, 6) is -0.841. The first kappa shape index (κ1) is 33.7. The molecule has 4 aromatic rings. The Morgan fingerprint density at radius 1 is 0.822 bits per heavy atom. The van der Waals surface area contributed by atoms with Crippen molar-refractivity contribution < 1.29 is 18.0 Å². The van der Waals surface area contributed by atoms with Crippen LogP contribution in [0.4, 0.5) is 5.69 Å². The second-order valence-corrected chi connectivity index (χ2v) is 13.6. The smallest absolute Gasteiger partial charge is 0.264 e. The van der Waals surface area contributed by atoms with Gasteiger partial charge in [0.1, 0.15) is 12.6 Å². The fourth-order valence-electron chi connectivity index (χ4n) is 5.01. The van der Waals surface area contributed by atoms with Crippen LogP contribution in [0, 0.1) is 13.8 Å². The number of para-hydroxylation sites is 1. The molecule has 0 saturated heterocycles. The number of nitrogens with one attached hydrogen (secondary N) is 1. The highest BCUT2D eigenvalue weighted by atomic mass is 35.5. The van der Waals surface area contributed by atoms with E-state index in [1.54, 1.807) is 36.4 Å². The maximum atomic E-state index is 14.5. The number of benzene rings is 4. The quantitative estimate of drug-likeness (QED) is 0.175. The van der Waals surface area contributed by atoms with Crippen LogP contribution in [-0.2, 0) is 32.6 Å². The molecule has 0 aliphatic carbocycles. The van der Waals surface area contributed by atoms with Crippen molar-refractivity contribution in [3.05, 3.63) is 130 Å². The Labute approximate surface area is 271 Å². The zero-order valence-electron chi connectivity index (χ0n) is 26.1. The molecule has 1 N–H and O–H groups in total. The van der Waals surface area contributed by atoms with Crippen LogP contribution in [0.25, 0.3) is 0 Å². The molecular weight excluding hydrogens is 606 g/mol. The molecule has 4 rings (SSSR count). The van der Waals surface area contributed by atoms with Crippen molar-refractivity contribution in [2.45, 2.75) is 64.1 Å². The lowest BCUT2D eigenvalue weighted by atomic mass is 10.0. The van der Waals surface area contributed by atoms with Crippen molar-refractivity contribution in [3.8, 4) is 0 Å². The van der Waals surface area contributed by atoms with Gasteiger partial charge >= 0.3 is 0 Å². The topological polar surface area (TPSA) is 86.8 Å². The molecule has 0 spiro atoms. The lowest BCUT2D eigenvalue weighted by Crippen LogP contribution is -2.54. The lowest BCUT2D eigenvalue weighted by Gasteiger charge is -2.34. The van der Waals surface area contributed by atoms with E-state index in [2.05, 4.69) is 5.32 Å². The average molecular weight is 646 g/mol. The third-order valence-electron chi connectivity index (χ3n) is 7.72. The van der Waals surface area contributed by atoms with Crippen LogP contribution in [0.2, 0.25) is 5.02 Å². The molecule has 0 saturated carbocycles. The number of hydrogen-bond acceptors (Lipinski definition) is 4. The second kappa shape index (κ2) is 15.2. The summed E-state index contributed by atoms with van der Waals surface area (Å²) in [6.45, 7) is 7.26. The van der Waals surface area contributed by atoms with E-state index in [1.807, 2.05) is 82.3 Å². The minimum atomic E-state index is -4.23. The first-order valence-electron chi connectivity index (χ1n) is 15.0. The molecule has 0 radical (unpaired) electrons. The molecule has 0 heterocycles. The summed E-state index contributed by atoms with van der Waals surface area (Å²) < 4.78 is 29.3. The lowest BCUT2D eigenvalue weighted by molar-refractivity contribution is -0.140. The van der Waals surface area contributed by atoms with Gasteiger partial charge in [0, 0.05) is 19.0 Å². The number of carbonyl (C=O) groups excluding carboxylic acids is 2. The maximum absolute atomic E-state index is 14.5. The monoisotopic (exact) mass is 645 g/mol. The second-order valence-electron chi connectivity index (χ2n) is 11.3. The Morgan fingerprint density at radius 2 is 1.47 bits per heavy atom. The number of nitrogens with zero attached hydrogens (tertiary/aromatic N) is 2. The van der Waals surface area contributed by atoms with E-state index < -0.39 is 28.5 Å². The first-order valence-corrected chi connectivity index (χ1v) is 16.8. The van der Waals surface area contributed by atoms with Crippen LogP contribution in [0.1, 0.15) is 42.5 Å². The van der Waals surface area contributed by atoms with Gasteiger partial charge in [0.15, 0.2) is 0 Å². The van der Waals surface area contributed by atoms with E-state index in [1.165, 1.54) is 17.0 Å². The standard InChI is InChI=1S/C36H40ClN3O4S/c1-5-28(4)38-36(42)34(23-29-13-7-6-8-14-29)39(24-30-15-11-12-27(3)22-30)35(41)25-40(33-17-10-9-16-32(33)37)45(43,44)31-20-18-26(2)19-21-31/h6-22,28,34H,5,23-25H2,1-4H3,(H,38,42)/t28-,34+/m1/s1. The van der Waals surface area contributed by atoms with Gasteiger partial charge in [-0.3, -0.25) is 13.9 Å². The summed E-state index contributed by atoms with van der Waals surface area (Å²) in [4.78, 5) is 30.0. The molecule has 0 aromatic heterocycles. The Kier molecular flexibility index (Phi) is 11.4. The normalized spacial score (nSPS) is 12.6. The molecule has 0 unspecified atom stereocenters. The average Bonchev–Trinajstić information content (AvgIpc) is 3.02. The first-order chi connectivity index (χ1) is 21.5. The molecule has 0 bridgehead atoms. The molecule has 9 heteroatoms. The highest BCUT2D eigenvalue weighted by Gasteiger charge is 2.35. The molecule has 7 nitrogen and oxygen atoms in total. The predicted octanol–water partition coefficient (Wildman–Crippen LogP) is 6.71. The highest BCUT2D eigenvalue weighted by molar-refractivity contribution is 7.92. The summed E-state index contributed by atoms with van der Waals surface area (Å²) >= 11 is 6.55. The van der Waals surface area contributed by atoms with E-state index in [9.17, 15) is 18.0 Å². The molecule has 2 atom stereocenters. The minimum Gasteiger partial charge on any atom is -0.352 e. The van der Waals surface area contributed by atoms with Crippen molar-refractivity contribution in [3.63, 3.8) is 0 Å². The summed E-state index contributed by atoms with van der Waals surface area (Å²) in [6, 6.07) is 29.2. The van der Waals surface area contributed by atoms with Gasteiger partial charge in [-0.1, -0.05) is 109 Å². The third kappa shape index (κ3) is 8.74. The number of hydrogen-bond donors (Lipinski definition) is 1. The third-order valence-corrected chi connectivity index (χ3v) is 9.81. The summed E-state index contributed by atoms with van der Waals surface area (Å²) in [7, 11) is -4.23. The van der Waals surface area contributed by atoms with Crippen LogP contribution in [0.5, 0.6) is 0 Å². The number of rotatable bonds is 13. The molecule has 2 amide bonds. The van der Waals surface area contributed by atoms with E-state index in [0.717, 1.165) is 26.6 Å². The summed E-state index contributed by atoms with van der Waals surface area (Å²) in [6.07, 6.45) is 0.960. The van der Waals surface area contributed by atoms with Crippen molar-refractivity contribution in [2.24, 2.45) is 0 Å². The number of sulfonamides is 1. The Bertz CT molecular complexity index is 1710. The van der Waals surface area contributed by atoms with Crippen molar-refractivity contribution in [1.82, 2.24) is 10.2 Å². The van der Waals surface area contributed by atoms with E-state index >= 15 is 0 Å². The molecule has 0 aliphatic heterocycles. The van der Waals surface area contributed by atoms with Gasteiger partial charge in [0.05, 0.1) is 15.6 Å². The van der Waals surface area contributed by atoms with Crippen molar-refractivity contribution >= 4 is 39.1 Å². The summed E-state index contributed by atoms with van der Waals surface area (Å²) in [5.41, 5.74) is 3.77. The van der Waals surface area contributed by atoms with Gasteiger partial charge in [-0.15, -0.1) is 0 Å². The predicted molar refractivity (Wildman–Crippen MR) is 181 cm³/mol. The SMILES string of the molecule is CC[C@@H](C)NC(=O)[C@H](Cc1ccccc1)N(Cc1cccc(C)c1)C(=O)CN(c1ccccc1Cl)S(=O)(=O)c1ccc(C)cc1. The number of anilines is 1. The summed E-state index contributed by atoms with van der Waals surface area (Å²) in [5, 5.41) is 3.23. The fraction of sp³-hybridized carbons (Fsp3) is 0.278. The van der Waals surface area contributed by atoms with Gasteiger partial charge in [-0.2, -0.15) is 0 Å². The van der Waals surface area contributed by atoms with Crippen LogP contribution in [0.3, 0.4) is 0 Å². The number of aryl methyl sites for hydroxylation is 2. The molecule has 0 fully saturated rings. The molecule has 236 valence electrons. The van der Waals surface area contributed by atoms with Gasteiger partial charge < -0.3 is 10.2 Å². The van der Waals surface area contributed by atoms with E-state index in [-0.39, 0.29) is 40.5 Å². The number of carbonyl (C=O) groups is 2. The van der Waals surface area contributed by atoms with Gasteiger partial charge in [0.2, 0.25) is 11.8 Å². The van der Waals surface area contributed by atoms with Crippen LogP contribution >= 0.6 is 11.6 Å². The molecule has 0 aliphatic rings. The van der Waals surface area contributed by atoms with E-state index in [0.29, 0.717) is 6.42 Å². The maximum Gasteiger partial charge on any atom is 0.264 e. The van der Waals surface area contributed by atoms with Gasteiger partial charge in [-0.25, -0.2) is 8.42 Å². The van der Waals surface area contributed by atoms with E-state index in [4.69, 9.17) is 11.6 Å². The molecular formula is C36H40ClN3O4S. The Morgan fingerprint density at radius 3 is 2.11 bits per heavy atom.